The van der Waals surface area contributed by atoms with Crippen LogP contribution < -0.4 is 0 Å². The van der Waals surface area contributed by atoms with Gasteiger partial charge in [-0.25, -0.2) is 4.79 Å². The van der Waals surface area contributed by atoms with Gasteiger partial charge < -0.3 is 15.3 Å². The minimum atomic E-state index is -1.000. The number of fused-ring (bicyclic) bond motifs is 2. The zero-order valence-corrected chi connectivity index (χ0v) is 22.2. The van der Waals surface area contributed by atoms with E-state index in [1.54, 1.807) is 6.08 Å². The second-order valence-electron chi connectivity index (χ2n) is 14.3. The van der Waals surface area contributed by atoms with E-state index in [0.29, 0.717) is 39.4 Å². The van der Waals surface area contributed by atoms with Gasteiger partial charge in [-0.1, -0.05) is 40.7 Å². The van der Waals surface area contributed by atoms with E-state index in [1.165, 1.54) is 51.4 Å². The van der Waals surface area contributed by atoms with Gasteiger partial charge in [-0.2, -0.15) is 0 Å². The van der Waals surface area contributed by atoms with Crippen molar-refractivity contribution in [2.24, 2.45) is 50.7 Å². The molecule has 9 atom stereocenters. The van der Waals surface area contributed by atoms with Crippen LogP contribution in [0, 0.1) is 50.7 Å². The summed E-state index contributed by atoms with van der Waals surface area (Å²) in [6.07, 6.45) is 15.0. The van der Waals surface area contributed by atoms with Gasteiger partial charge in [0, 0.05) is 0 Å². The molecule has 0 amide bonds. The van der Waals surface area contributed by atoms with Gasteiger partial charge in [0.25, 0.3) is 0 Å². The predicted molar refractivity (Wildman–Crippen MR) is 134 cm³/mol. The second-order valence-corrected chi connectivity index (χ2v) is 14.3. The highest BCUT2D eigenvalue weighted by atomic mass is 16.4. The smallest absolute Gasteiger partial charge is 0.333 e. The van der Waals surface area contributed by atoms with Gasteiger partial charge in [0.15, 0.2) is 0 Å². The molecule has 4 nitrogen and oxygen atoms in total. The van der Waals surface area contributed by atoms with Crippen molar-refractivity contribution in [1.29, 1.82) is 0 Å². The molecule has 5 aliphatic rings. The van der Waals surface area contributed by atoms with E-state index in [2.05, 4.69) is 34.6 Å². The molecule has 9 unspecified atom stereocenters. The van der Waals surface area contributed by atoms with Gasteiger partial charge in [-0.05, 0) is 121 Å². The van der Waals surface area contributed by atoms with Crippen molar-refractivity contribution >= 4 is 5.97 Å². The lowest BCUT2D eigenvalue weighted by Gasteiger charge is -2.63. The third kappa shape index (κ3) is 3.00. The Hall–Kier alpha value is -0.870. The number of rotatable bonds is 6. The lowest BCUT2D eigenvalue weighted by atomic mass is 9.41. The van der Waals surface area contributed by atoms with Crippen LogP contribution >= 0.6 is 0 Å². The van der Waals surface area contributed by atoms with Crippen molar-refractivity contribution in [3.63, 3.8) is 0 Å². The van der Waals surface area contributed by atoms with Gasteiger partial charge in [-0.15, -0.1) is 0 Å². The van der Waals surface area contributed by atoms with E-state index in [-0.39, 0.29) is 23.7 Å². The van der Waals surface area contributed by atoms with E-state index >= 15 is 0 Å². The topological polar surface area (TPSA) is 77.8 Å². The molecule has 4 heteroatoms. The van der Waals surface area contributed by atoms with Crippen molar-refractivity contribution in [3.8, 4) is 0 Å². The Bertz CT molecular complexity index is 877. The molecule has 0 bridgehead atoms. The molecule has 0 aliphatic heterocycles. The maximum absolute atomic E-state index is 11.2. The van der Waals surface area contributed by atoms with Gasteiger partial charge in [0.05, 0.1) is 18.3 Å². The van der Waals surface area contributed by atoms with Crippen molar-refractivity contribution in [1.82, 2.24) is 0 Å². The molecule has 0 aromatic carbocycles. The molecule has 34 heavy (non-hydrogen) atoms. The SMILES string of the molecule is CC(CCC=C(CO)C(=O)O)C1CCC2(C)C3CCC4C(C)(C)C(O)CCC45CC35CCC12C. The fourth-order valence-corrected chi connectivity index (χ4v) is 11.2. The van der Waals surface area contributed by atoms with Crippen molar-refractivity contribution in [3.05, 3.63) is 11.6 Å². The molecule has 0 aromatic heterocycles. The number of hydrogen-bond acceptors (Lipinski definition) is 3. The van der Waals surface area contributed by atoms with Crippen molar-refractivity contribution in [2.75, 3.05) is 6.61 Å². The predicted octanol–water partition coefficient (Wildman–Crippen LogP) is 6.21. The van der Waals surface area contributed by atoms with Crippen LogP contribution in [0.5, 0.6) is 0 Å². The molecule has 5 saturated carbocycles. The molecule has 0 heterocycles. The van der Waals surface area contributed by atoms with Crippen LogP contribution in [0.4, 0.5) is 0 Å². The molecule has 0 aromatic rings. The summed E-state index contributed by atoms with van der Waals surface area (Å²) < 4.78 is 0. The first kappa shape index (κ1) is 24.8. The Morgan fingerprint density at radius 1 is 0.941 bits per heavy atom. The molecule has 0 saturated heterocycles. The lowest BCUT2D eigenvalue weighted by molar-refractivity contribution is -0.161. The highest BCUT2D eigenvalue weighted by Gasteiger charge is 2.82. The Morgan fingerprint density at radius 3 is 2.29 bits per heavy atom. The summed E-state index contributed by atoms with van der Waals surface area (Å²) in [5, 5.41) is 29.4. The van der Waals surface area contributed by atoms with E-state index < -0.39 is 5.97 Å². The first-order valence-electron chi connectivity index (χ1n) is 14.1. The number of aliphatic hydroxyl groups excluding tert-OH is 2. The fourth-order valence-electron chi connectivity index (χ4n) is 11.2. The Labute approximate surface area is 206 Å². The van der Waals surface area contributed by atoms with E-state index in [0.717, 1.165) is 25.2 Å². The third-order valence-corrected chi connectivity index (χ3v) is 13.3. The van der Waals surface area contributed by atoms with Crippen LogP contribution in [0.15, 0.2) is 11.6 Å². The molecular formula is C30H48O4. The van der Waals surface area contributed by atoms with E-state index in [9.17, 15) is 20.1 Å². The summed E-state index contributed by atoms with van der Waals surface area (Å²) >= 11 is 0. The molecule has 5 fully saturated rings. The van der Waals surface area contributed by atoms with Crippen LogP contribution in [0.2, 0.25) is 0 Å². The van der Waals surface area contributed by atoms with Gasteiger partial charge in [-0.3, -0.25) is 0 Å². The average molecular weight is 473 g/mol. The zero-order valence-electron chi connectivity index (χ0n) is 22.2. The Kier molecular flexibility index (Phi) is 5.70. The van der Waals surface area contributed by atoms with Gasteiger partial charge in [0.1, 0.15) is 0 Å². The van der Waals surface area contributed by atoms with Crippen LogP contribution in [0.3, 0.4) is 0 Å². The highest BCUT2D eigenvalue weighted by molar-refractivity contribution is 5.86. The highest BCUT2D eigenvalue weighted by Crippen LogP contribution is 2.89. The Morgan fingerprint density at radius 2 is 1.62 bits per heavy atom. The van der Waals surface area contributed by atoms with E-state index in [1.807, 2.05) is 0 Å². The maximum atomic E-state index is 11.2. The van der Waals surface area contributed by atoms with E-state index in [4.69, 9.17) is 0 Å². The number of hydrogen-bond donors (Lipinski definition) is 3. The molecule has 3 N–H and O–H groups in total. The first-order chi connectivity index (χ1) is 15.9. The monoisotopic (exact) mass is 472 g/mol. The molecular weight excluding hydrogens is 424 g/mol. The molecule has 5 rings (SSSR count). The summed E-state index contributed by atoms with van der Waals surface area (Å²) in [6.45, 7) is 11.9. The zero-order chi connectivity index (χ0) is 24.7. The Balaban J connectivity index is 1.35. The summed E-state index contributed by atoms with van der Waals surface area (Å²) in [4.78, 5) is 11.2. The average Bonchev–Trinajstić information content (AvgIpc) is 3.36. The van der Waals surface area contributed by atoms with Crippen LogP contribution in [-0.4, -0.2) is 34.0 Å². The molecule has 2 spiro atoms. The van der Waals surface area contributed by atoms with Crippen molar-refractivity contribution < 1.29 is 20.1 Å². The normalized spacial score (nSPS) is 49.9. The number of carboxylic acids is 1. The quantitative estimate of drug-likeness (QED) is 0.402. The molecule has 0 radical (unpaired) electrons. The third-order valence-electron chi connectivity index (χ3n) is 13.3. The fraction of sp³-hybridized carbons (Fsp3) is 0.900. The number of aliphatic hydroxyl groups is 2. The maximum Gasteiger partial charge on any atom is 0.333 e. The van der Waals surface area contributed by atoms with Crippen LogP contribution in [-0.2, 0) is 4.79 Å². The van der Waals surface area contributed by atoms with Crippen LogP contribution in [0.25, 0.3) is 0 Å². The van der Waals surface area contributed by atoms with Crippen LogP contribution in [0.1, 0.15) is 105 Å². The van der Waals surface area contributed by atoms with Gasteiger partial charge in [0.2, 0.25) is 0 Å². The number of aliphatic carboxylic acids is 1. The standard InChI is InChI=1S/C30H48O4/c1-19(7-6-8-20(17-31)25(33)34)21-11-13-28(5)23-10-9-22-26(2,3)24(32)12-14-29(22)18-30(23,29)16-15-27(21,28)4/h8,19,21-24,31-32H,6-7,9-18H2,1-5H3,(H,33,34). The van der Waals surface area contributed by atoms with Crippen molar-refractivity contribution in [2.45, 2.75) is 111 Å². The summed E-state index contributed by atoms with van der Waals surface area (Å²) in [5.74, 6) is 1.78. The van der Waals surface area contributed by atoms with Gasteiger partial charge >= 0.3 is 5.97 Å². The lowest BCUT2D eigenvalue weighted by Crippen LogP contribution is -2.57. The molecule has 192 valence electrons. The number of carbonyl (C=O) groups is 1. The summed E-state index contributed by atoms with van der Waals surface area (Å²) in [6, 6.07) is 0. The minimum Gasteiger partial charge on any atom is -0.478 e. The molecule has 5 aliphatic carbocycles. The number of carboxylic acid groups (broad SMARTS) is 1. The summed E-state index contributed by atoms with van der Waals surface area (Å²) in [7, 11) is 0. The first-order valence-corrected chi connectivity index (χ1v) is 14.1. The number of allylic oxidation sites excluding steroid dienone is 1. The summed E-state index contributed by atoms with van der Waals surface area (Å²) in [5.41, 5.74) is 1.96. The minimum absolute atomic E-state index is 0.0536. The second kappa shape index (κ2) is 7.81. The largest absolute Gasteiger partial charge is 0.478 e.